The van der Waals surface area contributed by atoms with E-state index in [1.165, 1.54) is 4.90 Å². The molecule has 33 heavy (non-hydrogen) atoms. The first kappa shape index (κ1) is 23.7. The Labute approximate surface area is 195 Å². The predicted octanol–water partition coefficient (Wildman–Crippen LogP) is 2.08. The number of rotatable bonds is 7. The van der Waals surface area contributed by atoms with Crippen LogP contribution in [0.25, 0.3) is 0 Å². The minimum absolute atomic E-state index is 0.0905. The van der Waals surface area contributed by atoms with Crippen LogP contribution in [0.3, 0.4) is 0 Å². The van der Waals surface area contributed by atoms with Crippen molar-refractivity contribution in [3.63, 3.8) is 0 Å². The second-order valence-electron chi connectivity index (χ2n) is 10.5. The lowest BCUT2D eigenvalue weighted by atomic mass is 9.65. The monoisotopic (exact) mass is 457 g/mol. The van der Waals surface area contributed by atoms with E-state index in [4.69, 9.17) is 4.74 Å². The summed E-state index contributed by atoms with van der Waals surface area (Å²) in [6, 6.07) is 8.34. The molecular weight excluding hydrogens is 422 g/mol. The Morgan fingerprint density at radius 2 is 1.88 bits per heavy atom. The highest BCUT2D eigenvalue weighted by molar-refractivity contribution is 6.02. The smallest absolute Gasteiger partial charge is 0.246 e. The van der Waals surface area contributed by atoms with E-state index in [0.29, 0.717) is 31.4 Å². The molecule has 1 spiro atoms. The molecule has 0 aromatic heterocycles. The third-order valence-electron chi connectivity index (χ3n) is 7.31. The number of hydrogen-bond acceptors (Lipinski definition) is 5. The number of hydrogen-bond donors (Lipinski definition) is 3. The van der Waals surface area contributed by atoms with Crippen molar-refractivity contribution in [3.05, 3.63) is 30.3 Å². The maximum atomic E-state index is 13.8. The van der Waals surface area contributed by atoms with Crippen LogP contribution in [0.4, 0.5) is 5.69 Å². The van der Waals surface area contributed by atoms with Crippen molar-refractivity contribution >= 4 is 23.4 Å². The van der Waals surface area contributed by atoms with Crippen LogP contribution in [0.15, 0.2) is 30.3 Å². The van der Waals surface area contributed by atoms with Crippen molar-refractivity contribution in [1.82, 2.24) is 10.2 Å². The van der Waals surface area contributed by atoms with E-state index < -0.39 is 34.6 Å². The van der Waals surface area contributed by atoms with E-state index in [0.717, 1.165) is 0 Å². The summed E-state index contributed by atoms with van der Waals surface area (Å²) in [7, 11) is 0. The van der Waals surface area contributed by atoms with Gasteiger partial charge in [0, 0.05) is 24.4 Å². The molecule has 3 amide bonds. The number of nitrogens with zero attached hydrogens (tertiary/aromatic N) is 1. The largest absolute Gasteiger partial charge is 0.396 e. The zero-order valence-corrected chi connectivity index (χ0v) is 19.9. The molecule has 1 aromatic rings. The van der Waals surface area contributed by atoms with Gasteiger partial charge in [-0.2, -0.15) is 0 Å². The highest BCUT2D eigenvalue weighted by Crippen LogP contribution is 2.64. The van der Waals surface area contributed by atoms with Crippen molar-refractivity contribution < 1.29 is 24.2 Å². The van der Waals surface area contributed by atoms with Crippen LogP contribution >= 0.6 is 0 Å². The van der Waals surface area contributed by atoms with Crippen molar-refractivity contribution in [1.29, 1.82) is 0 Å². The molecule has 4 rings (SSSR count). The molecule has 0 saturated carbocycles. The summed E-state index contributed by atoms with van der Waals surface area (Å²) in [6.07, 6.45) is 2.10. The average Bonchev–Trinajstić information content (AvgIpc) is 3.35. The number of benzene rings is 1. The van der Waals surface area contributed by atoms with Crippen LogP contribution in [0, 0.1) is 11.8 Å². The lowest BCUT2D eigenvalue weighted by Gasteiger charge is -2.35. The molecule has 3 aliphatic heterocycles. The third-order valence-corrected chi connectivity index (χ3v) is 7.31. The van der Waals surface area contributed by atoms with Crippen LogP contribution in [0.1, 0.15) is 53.4 Å². The molecule has 5 atom stereocenters. The molecule has 3 fully saturated rings. The number of likely N-dealkylation sites (tertiary alicyclic amines) is 1. The minimum atomic E-state index is -1.05. The topological polar surface area (TPSA) is 108 Å². The lowest BCUT2D eigenvalue weighted by Crippen LogP contribution is -2.58. The van der Waals surface area contributed by atoms with Gasteiger partial charge in [-0.05, 0) is 58.6 Å². The fraction of sp³-hybridized carbons (Fsp3) is 0.640. The SMILES string of the molecule is CC[C@]12CCC3(O1)C(C(=O)NC(C)(C)C)N(CCCO)C(=O)[C@@H]3[C@H]2C(=O)Nc1ccccc1. The van der Waals surface area contributed by atoms with E-state index in [2.05, 4.69) is 10.6 Å². The number of fused-ring (bicyclic) bond motifs is 1. The summed E-state index contributed by atoms with van der Waals surface area (Å²) in [5, 5.41) is 15.4. The Bertz CT molecular complexity index is 930. The molecule has 3 aliphatic rings. The molecule has 2 unspecified atom stereocenters. The maximum Gasteiger partial charge on any atom is 0.246 e. The van der Waals surface area contributed by atoms with Gasteiger partial charge in [-0.1, -0.05) is 25.1 Å². The van der Waals surface area contributed by atoms with Gasteiger partial charge in [0.15, 0.2) is 0 Å². The Hall–Kier alpha value is -2.45. The maximum absolute atomic E-state index is 13.8. The minimum Gasteiger partial charge on any atom is -0.396 e. The zero-order chi connectivity index (χ0) is 24.0. The first-order chi connectivity index (χ1) is 15.6. The Morgan fingerprint density at radius 1 is 1.18 bits per heavy atom. The fourth-order valence-corrected chi connectivity index (χ4v) is 6.08. The van der Waals surface area contributed by atoms with Crippen molar-refractivity contribution in [2.75, 3.05) is 18.5 Å². The fourth-order valence-electron chi connectivity index (χ4n) is 6.08. The number of nitrogens with one attached hydrogen (secondary N) is 2. The lowest BCUT2D eigenvalue weighted by molar-refractivity contribution is -0.147. The molecular formula is C25H35N3O5. The molecule has 0 aliphatic carbocycles. The first-order valence-electron chi connectivity index (χ1n) is 11.9. The van der Waals surface area contributed by atoms with E-state index in [1.54, 1.807) is 0 Å². The predicted molar refractivity (Wildman–Crippen MR) is 123 cm³/mol. The van der Waals surface area contributed by atoms with Gasteiger partial charge in [0.05, 0.1) is 17.4 Å². The number of para-hydroxylation sites is 1. The van der Waals surface area contributed by atoms with Crippen LogP contribution in [-0.4, -0.2) is 63.7 Å². The Morgan fingerprint density at radius 3 is 2.48 bits per heavy atom. The third kappa shape index (κ3) is 3.83. The standard InChI is InChI=1S/C25H35N3O5/c1-5-24-12-13-25(33-24)18(17(24)20(30)26-16-10-7-6-8-11-16)22(32)28(14-9-15-29)19(25)21(31)27-23(2,3)4/h6-8,10-11,17-19,29H,5,9,12-15H2,1-4H3,(H,26,30)(H,27,31)/t17-,18-,19?,24+,25?/m0/s1. The van der Waals surface area contributed by atoms with E-state index in [9.17, 15) is 19.5 Å². The van der Waals surface area contributed by atoms with Crippen LogP contribution < -0.4 is 10.6 Å². The normalized spacial score (nSPS) is 32.7. The second-order valence-corrected chi connectivity index (χ2v) is 10.5. The summed E-state index contributed by atoms with van der Waals surface area (Å²) in [4.78, 5) is 42.4. The summed E-state index contributed by atoms with van der Waals surface area (Å²) >= 11 is 0. The van der Waals surface area contributed by atoms with Gasteiger partial charge in [-0.25, -0.2) is 0 Å². The molecule has 2 bridgehead atoms. The summed E-state index contributed by atoms with van der Waals surface area (Å²) in [5.41, 5.74) is -1.64. The average molecular weight is 458 g/mol. The van der Waals surface area contributed by atoms with Crippen LogP contribution in [-0.2, 0) is 19.1 Å². The number of carbonyl (C=O) groups excluding carboxylic acids is 3. The first-order valence-corrected chi connectivity index (χ1v) is 11.9. The van der Waals surface area contributed by atoms with Crippen LogP contribution in [0.2, 0.25) is 0 Å². The Kier molecular flexibility index (Phi) is 6.03. The molecule has 1 aromatic carbocycles. The molecule has 8 heteroatoms. The number of amides is 3. The van der Waals surface area contributed by atoms with Gasteiger partial charge < -0.3 is 25.4 Å². The number of ether oxygens (including phenoxy) is 1. The van der Waals surface area contributed by atoms with E-state index in [1.807, 2.05) is 58.0 Å². The van der Waals surface area contributed by atoms with Gasteiger partial charge in [-0.15, -0.1) is 0 Å². The summed E-state index contributed by atoms with van der Waals surface area (Å²) < 4.78 is 6.67. The summed E-state index contributed by atoms with van der Waals surface area (Å²) in [5.74, 6) is -2.17. The van der Waals surface area contributed by atoms with Crippen molar-refractivity contribution in [3.8, 4) is 0 Å². The Balaban J connectivity index is 1.73. The van der Waals surface area contributed by atoms with Crippen molar-refractivity contribution in [2.45, 2.75) is 76.2 Å². The molecule has 3 N–H and O–H groups in total. The van der Waals surface area contributed by atoms with Gasteiger partial charge in [0.25, 0.3) is 0 Å². The van der Waals surface area contributed by atoms with Gasteiger partial charge in [0.2, 0.25) is 17.7 Å². The number of carbonyl (C=O) groups is 3. The summed E-state index contributed by atoms with van der Waals surface area (Å²) in [6.45, 7) is 7.81. The van der Waals surface area contributed by atoms with E-state index >= 15 is 0 Å². The molecule has 3 saturated heterocycles. The number of aliphatic hydroxyl groups is 1. The second kappa shape index (κ2) is 8.40. The molecule has 180 valence electrons. The molecule has 3 heterocycles. The van der Waals surface area contributed by atoms with Gasteiger partial charge in [-0.3, -0.25) is 14.4 Å². The molecule has 8 nitrogen and oxygen atoms in total. The number of anilines is 1. The highest BCUT2D eigenvalue weighted by atomic mass is 16.5. The van der Waals surface area contributed by atoms with Gasteiger partial charge >= 0.3 is 0 Å². The zero-order valence-electron chi connectivity index (χ0n) is 19.9. The van der Waals surface area contributed by atoms with Gasteiger partial charge in [0.1, 0.15) is 11.6 Å². The quantitative estimate of drug-likeness (QED) is 0.581. The number of aliphatic hydroxyl groups excluding tert-OH is 1. The van der Waals surface area contributed by atoms with Crippen molar-refractivity contribution in [2.24, 2.45) is 11.8 Å². The highest BCUT2D eigenvalue weighted by Gasteiger charge is 2.78. The molecule has 0 radical (unpaired) electrons. The van der Waals surface area contributed by atoms with Crippen LogP contribution in [0.5, 0.6) is 0 Å². The van der Waals surface area contributed by atoms with E-state index in [-0.39, 0.29) is 30.9 Å².